The van der Waals surface area contributed by atoms with Crippen molar-refractivity contribution in [2.24, 2.45) is 5.92 Å². The van der Waals surface area contributed by atoms with E-state index in [1.54, 1.807) is 0 Å². The molecule has 0 saturated heterocycles. The van der Waals surface area contributed by atoms with Crippen LogP contribution in [0.5, 0.6) is 0 Å². The van der Waals surface area contributed by atoms with Gasteiger partial charge >= 0.3 is 0 Å². The fourth-order valence-electron chi connectivity index (χ4n) is 0.867. The molecule has 1 rings (SSSR count). The summed E-state index contributed by atoms with van der Waals surface area (Å²) in [4.78, 5) is 3.02. The van der Waals surface area contributed by atoms with E-state index in [0.717, 1.165) is 12.5 Å². The summed E-state index contributed by atoms with van der Waals surface area (Å²) in [6.07, 6.45) is 7.24. The van der Waals surface area contributed by atoms with Crippen LogP contribution in [0.1, 0.15) is 20.3 Å². The molecule has 0 aliphatic rings. The van der Waals surface area contributed by atoms with Crippen molar-refractivity contribution in [1.82, 2.24) is 4.98 Å². The predicted molar refractivity (Wildman–Crippen MR) is 40.4 cm³/mol. The van der Waals surface area contributed by atoms with Gasteiger partial charge in [-0.05, 0) is 12.3 Å². The lowest BCUT2D eigenvalue weighted by Gasteiger charge is -1.99. The van der Waals surface area contributed by atoms with Gasteiger partial charge in [-0.15, -0.1) is 0 Å². The molecule has 0 aromatic carbocycles. The Labute approximate surface area is 85.0 Å². The van der Waals surface area contributed by atoms with E-state index in [0.29, 0.717) is 0 Å². The van der Waals surface area contributed by atoms with E-state index in [-0.39, 0.29) is 24.0 Å². The molecule has 0 fully saturated rings. The van der Waals surface area contributed by atoms with Gasteiger partial charge in [-0.1, -0.05) is 13.8 Å². The Morgan fingerprint density at radius 3 is 2.64 bits per heavy atom. The quantitative estimate of drug-likeness (QED) is 0.500. The third-order valence-electron chi connectivity index (χ3n) is 1.57. The molecule has 1 aromatic rings. The summed E-state index contributed by atoms with van der Waals surface area (Å²) in [5.41, 5.74) is 0. The summed E-state index contributed by atoms with van der Waals surface area (Å²) in [7, 11) is 0. The number of rotatable bonds is 3. The smallest absolute Gasteiger partial charge is 0.241 e. The second-order valence-corrected chi connectivity index (χ2v) is 3.03. The maximum absolute atomic E-state index is 3.02. The number of aromatic nitrogens is 2. The molecule has 0 aliphatic carbocycles. The third kappa shape index (κ3) is 4.40. The number of aryl methyl sites for hydroxylation is 1. The highest BCUT2D eigenvalue weighted by atomic mass is 127. The highest BCUT2D eigenvalue weighted by Gasteiger charge is 1.98. The highest BCUT2D eigenvalue weighted by molar-refractivity contribution is 4.55. The van der Waals surface area contributed by atoms with E-state index >= 15 is 0 Å². The maximum atomic E-state index is 3.02. The summed E-state index contributed by atoms with van der Waals surface area (Å²) >= 11 is 0. The fraction of sp³-hybridized carbons (Fsp3) is 0.625. The molecule has 0 spiro atoms. The van der Waals surface area contributed by atoms with E-state index in [4.69, 9.17) is 0 Å². The van der Waals surface area contributed by atoms with Crippen molar-refractivity contribution in [3.8, 4) is 0 Å². The Morgan fingerprint density at radius 2 is 2.18 bits per heavy atom. The van der Waals surface area contributed by atoms with E-state index in [1.807, 2.05) is 12.5 Å². The van der Waals surface area contributed by atoms with Gasteiger partial charge in [0.15, 0.2) is 0 Å². The molecule has 3 heteroatoms. The van der Waals surface area contributed by atoms with E-state index in [2.05, 4.69) is 29.6 Å². The Hall–Kier alpha value is -0.0600. The molecule has 64 valence electrons. The van der Waals surface area contributed by atoms with Crippen molar-refractivity contribution in [3.63, 3.8) is 0 Å². The van der Waals surface area contributed by atoms with Crippen LogP contribution in [0.4, 0.5) is 0 Å². The minimum atomic E-state index is 0. The zero-order valence-electron chi connectivity index (χ0n) is 7.05. The number of imidazole rings is 1. The first-order valence-corrected chi connectivity index (χ1v) is 3.81. The zero-order valence-corrected chi connectivity index (χ0v) is 9.21. The van der Waals surface area contributed by atoms with E-state index in [9.17, 15) is 0 Å². The summed E-state index contributed by atoms with van der Waals surface area (Å²) in [5.74, 6) is 0.794. The molecule has 0 bridgehead atoms. The van der Waals surface area contributed by atoms with Crippen molar-refractivity contribution >= 4 is 0 Å². The molecule has 0 radical (unpaired) electrons. The van der Waals surface area contributed by atoms with Gasteiger partial charge in [0.2, 0.25) is 6.33 Å². The van der Waals surface area contributed by atoms with Crippen molar-refractivity contribution in [2.45, 2.75) is 26.8 Å². The average Bonchev–Trinajstić information content (AvgIpc) is 2.34. The number of nitrogens with one attached hydrogen (secondary N) is 1. The van der Waals surface area contributed by atoms with Crippen LogP contribution in [0, 0.1) is 5.92 Å². The largest absolute Gasteiger partial charge is 1.00 e. The van der Waals surface area contributed by atoms with Crippen LogP contribution in [0.3, 0.4) is 0 Å². The monoisotopic (exact) mass is 266 g/mol. The number of aromatic amines is 1. The molecule has 1 heterocycles. The van der Waals surface area contributed by atoms with Crippen LogP contribution in [0.25, 0.3) is 0 Å². The number of H-pyrrole nitrogens is 1. The SMILES string of the molecule is CC(C)CC[n+]1cc[nH]c1.[I-]. The van der Waals surface area contributed by atoms with E-state index < -0.39 is 0 Å². The molecule has 0 saturated carbocycles. The highest BCUT2D eigenvalue weighted by Crippen LogP contribution is 1.97. The van der Waals surface area contributed by atoms with Gasteiger partial charge in [0, 0.05) is 0 Å². The van der Waals surface area contributed by atoms with Gasteiger partial charge in [-0.25, -0.2) is 4.57 Å². The average molecular weight is 266 g/mol. The zero-order chi connectivity index (χ0) is 7.40. The van der Waals surface area contributed by atoms with Crippen LogP contribution < -0.4 is 28.5 Å². The number of hydrogen-bond acceptors (Lipinski definition) is 0. The maximum Gasteiger partial charge on any atom is 0.241 e. The second kappa shape index (κ2) is 5.57. The van der Waals surface area contributed by atoms with Gasteiger partial charge in [0.25, 0.3) is 0 Å². The number of nitrogens with zero attached hydrogens (tertiary/aromatic N) is 1. The Bertz CT molecular complexity index is 170. The first kappa shape index (κ1) is 10.9. The molecular formula is C8H15IN2. The fourth-order valence-corrected chi connectivity index (χ4v) is 0.867. The number of halogens is 1. The molecule has 0 unspecified atom stereocenters. The molecule has 2 nitrogen and oxygen atoms in total. The van der Waals surface area contributed by atoms with Crippen molar-refractivity contribution in [2.75, 3.05) is 0 Å². The Kier molecular flexibility index (Phi) is 5.54. The third-order valence-corrected chi connectivity index (χ3v) is 1.57. The van der Waals surface area contributed by atoms with Crippen molar-refractivity contribution in [1.29, 1.82) is 0 Å². The van der Waals surface area contributed by atoms with Gasteiger partial charge in [-0.3, -0.25) is 4.98 Å². The normalized spacial score (nSPS) is 9.73. The lowest BCUT2D eigenvalue weighted by atomic mass is 10.1. The summed E-state index contributed by atoms with van der Waals surface area (Å²) in [5, 5.41) is 0. The van der Waals surface area contributed by atoms with Crippen LogP contribution in [0.2, 0.25) is 0 Å². The first-order valence-electron chi connectivity index (χ1n) is 3.81. The topological polar surface area (TPSA) is 19.7 Å². The molecule has 0 amide bonds. The van der Waals surface area contributed by atoms with Gasteiger partial charge in [0.1, 0.15) is 12.4 Å². The molecule has 1 aromatic heterocycles. The minimum absolute atomic E-state index is 0. The van der Waals surface area contributed by atoms with Crippen molar-refractivity contribution < 1.29 is 28.5 Å². The van der Waals surface area contributed by atoms with Gasteiger partial charge < -0.3 is 24.0 Å². The molecular weight excluding hydrogens is 251 g/mol. The Balaban J connectivity index is 0.000001000. The van der Waals surface area contributed by atoms with Crippen LogP contribution in [-0.2, 0) is 6.54 Å². The summed E-state index contributed by atoms with van der Waals surface area (Å²) < 4.78 is 2.17. The standard InChI is InChI=1S/C8H14N2.HI/c1-8(2)3-5-10-6-4-9-7-10;/h4,6-8H,3,5H2,1-2H3;1H. The lowest BCUT2D eigenvalue weighted by molar-refractivity contribution is -0.696. The molecule has 11 heavy (non-hydrogen) atoms. The van der Waals surface area contributed by atoms with Crippen LogP contribution in [-0.4, -0.2) is 4.98 Å². The summed E-state index contributed by atoms with van der Waals surface area (Å²) in [6, 6.07) is 0. The van der Waals surface area contributed by atoms with Crippen LogP contribution >= 0.6 is 0 Å². The van der Waals surface area contributed by atoms with Crippen LogP contribution in [0.15, 0.2) is 18.7 Å². The Morgan fingerprint density at radius 1 is 1.45 bits per heavy atom. The predicted octanol–water partition coefficient (Wildman–Crippen LogP) is -1.65. The molecule has 0 aliphatic heterocycles. The lowest BCUT2D eigenvalue weighted by Crippen LogP contribution is -3.00. The number of hydrogen-bond donors (Lipinski definition) is 1. The van der Waals surface area contributed by atoms with Gasteiger partial charge in [0.05, 0.1) is 6.54 Å². The van der Waals surface area contributed by atoms with Crippen molar-refractivity contribution in [3.05, 3.63) is 18.7 Å². The second-order valence-electron chi connectivity index (χ2n) is 3.03. The minimum Gasteiger partial charge on any atom is -1.00 e. The summed E-state index contributed by atoms with van der Waals surface area (Å²) in [6.45, 7) is 5.61. The molecule has 1 N–H and O–H groups in total. The van der Waals surface area contributed by atoms with E-state index in [1.165, 1.54) is 6.42 Å². The molecule has 0 atom stereocenters. The first-order chi connectivity index (χ1) is 4.79. The van der Waals surface area contributed by atoms with Gasteiger partial charge in [-0.2, -0.15) is 0 Å².